The summed E-state index contributed by atoms with van der Waals surface area (Å²) in [4.78, 5) is -0.408. The summed E-state index contributed by atoms with van der Waals surface area (Å²) in [6.07, 6.45) is 1.60. The van der Waals surface area contributed by atoms with Gasteiger partial charge in [-0.2, -0.15) is 4.31 Å². The van der Waals surface area contributed by atoms with Gasteiger partial charge in [0, 0.05) is 25.4 Å². The molecule has 5 nitrogen and oxygen atoms in total. The van der Waals surface area contributed by atoms with E-state index >= 15 is 0 Å². The Morgan fingerprint density at radius 3 is 2.81 bits per heavy atom. The molecule has 2 N–H and O–H groups in total. The number of ether oxygens (including phenoxy) is 1. The summed E-state index contributed by atoms with van der Waals surface area (Å²) < 4.78 is 46.1. The number of nitrogens with zero attached hydrogens (tertiary/aromatic N) is 1. The van der Waals surface area contributed by atoms with Crippen LogP contribution in [-0.2, 0) is 14.8 Å². The van der Waals surface area contributed by atoms with Crippen LogP contribution in [0.25, 0.3) is 0 Å². The van der Waals surface area contributed by atoms with Gasteiger partial charge in [-0.15, -0.1) is 0 Å². The van der Waals surface area contributed by atoms with E-state index in [1.807, 2.05) is 0 Å². The van der Waals surface area contributed by atoms with Crippen molar-refractivity contribution in [2.75, 3.05) is 25.4 Å². The molecule has 1 heterocycles. The maximum Gasteiger partial charge on any atom is 0.246 e. The zero-order valence-corrected chi connectivity index (χ0v) is 14.1. The van der Waals surface area contributed by atoms with Gasteiger partial charge >= 0.3 is 0 Å². The first-order valence-electron chi connectivity index (χ1n) is 6.72. The highest BCUT2D eigenvalue weighted by Gasteiger charge is 2.31. The highest BCUT2D eigenvalue weighted by Crippen LogP contribution is 2.29. The molecule has 1 aliphatic heterocycles. The third-order valence-electron chi connectivity index (χ3n) is 3.42. The van der Waals surface area contributed by atoms with Crippen molar-refractivity contribution < 1.29 is 17.5 Å². The molecule has 1 aromatic carbocycles. The first kappa shape index (κ1) is 16.7. The van der Waals surface area contributed by atoms with Gasteiger partial charge in [0.25, 0.3) is 0 Å². The van der Waals surface area contributed by atoms with Gasteiger partial charge in [0.1, 0.15) is 4.90 Å². The van der Waals surface area contributed by atoms with E-state index in [-0.39, 0.29) is 29.4 Å². The Morgan fingerprint density at radius 2 is 2.24 bits per heavy atom. The number of benzene rings is 1. The SMILES string of the molecule is CCN(CC1CCCO1)S(=O)(=O)c1cc(N)cc(Br)c1F. The van der Waals surface area contributed by atoms with Crippen LogP contribution < -0.4 is 5.73 Å². The van der Waals surface area contributed by atoms with Crippen LogP contribution in [0.2, 0.25) is 0 Å². The molecule has 1 unspecified atom stereocenters. The normalized spacial score (nSPS) is 19.3. The van der Waals surface area contributed by atoms with Crippen molar-refractivity contribution in [2.24, 2.45) is 0 Å². The van der Waals surface area contributed by atoms with Gasteiger partial charge in [0.05, 0.1) is 10.6 Å². The summed E-state index contributed by atoms with van der Waals surface area (Å²) in [5.74, 6) is -0.824. The van der Waals surface area contributed by atoms with Gasteiger partial charge in [-0.3, -0.25) is 0 Å². The van der Waals surface area contributed by atoms with Crippen molar-refractivity contribution in [3.05, 3.63) is 22.4 Å². The Bertz CT molecular complexity index is 618. The minimum Gasteiger partial charge on any atom is -0.399 e. The lowest BCUT2D eigenvalue weighted by Crippen LogP contribution is -2.37. The Balaban J connectivity index is 2.34. The zero-order chi connectivity index (χ0) is 15.6. The Labute approximate surface area is 132 Å². The molecule has 0 spiro atoms. The van der Waals surface area contributed by atoms with Gasteiger partial charge < -0.3 is 10.5 Å². The zero-order valence-electron chi connectivity index (χ0n) is 11.7. The second-order valence-electron chi connectivity index (χ2n) is 4.91. The average molecular weight is 381 g/mol. The number of halogens is 2. The van der Waals surface area contributed by atoms with Gasteiger partial charge in [-0.25, -0.2) is 12.8 Å². The minimum atomic E-state index is -3.95. The number of sulfonamides is 1. The molecule has 1 fully saturated rings. The number of nitrogens with two attached hydrogens (primary N) is 1. The number of likely N-dealkylation sites (N-methyl/N-ethyl adjacent to an activating group) is 1. The third kappa shape index (κ3) is 3.56. The Morgan fingerprint density at radius 1 is 1.52 bits per heavy atom. The van der Waals surface area contributed by atoms with Crippen LogP contribution in [0.5, 0.6) is 0 Å². The van der Waals surface area contributed by atoms with Crippen molar-refractivity contribution in [3.63, 3.8) is 0 Å². The van der Waals surface area contributed by atoms with E-state index in [1.165, 1.54) is 10.4 Å². The maximum absolute atomic E-state index is 14.1. The summed E-state index contributed by atoms with van der Waals surface area (Å²) in [7, 11) is -3.95. The molecule has 0 aromatic heterocycles. The summed E-state index contributed by atoms with van der Waals surface area (Å²) in [6, 6.07) is 2.48. The Hall–Kier alpha value is -0.700. The van der Waals surface area contributed by atoms with Crippen LogP contribution in [-0.4, -0.2) is 38.5 Å². The van der Waals surface area contributed by atoms with Crippen molar-refractivity contribution in [3.8, 4) is 0 Å². The van der Waals surface area contributed by atoms with Crippen molar-refractivity contribution >= 4 is 31.6 Å². The highest BCUT2D eigenvalue weighted by molar-refractivity contribution is 9.10. The van der Waals surface area contributed by atoms with E-state index in [2.05, 4.69) is 15.9 Å². The highest BCUT2D eigenvalue weighted by atomic mass is 79.9. The van der Waals surface area contributed by atoms with E-state index in [0.29, 0.717) is 6.61 Å². The lowest BCUT2D eigenvalue weighted by molar-refractivity contribution is 0.0946. The van der Waals surface area contributed by atoms with Crippen LogP contribution in [0, 0.1) is 5.82 Å². The molecule has 118 valence electrons. The molecule has 0 aliphatic carbocycles. The smallest absolute Gasteiger partial charge is 0.246 e. The molecular weight excluding hydrogens is 363 g/mol. The summed E-state index contributed by atoms with van der Waals surface area (Å²) in [5, 5.41) is 0. The van der Waals surface area contributed by atoms with E-state index < -0.39 is 20.7 Å². The van der Waals surface area contributed by atoms with Crippen LogP contribution in [0.4, 0.5) is 10.1 Å². The van der Waals surface area contributed by atoms with Crippen LogP contribution >= 0.6 is 15.9 Å². The summed E-state index contributed by atoms with van der Waals surface area (Å²) >= 11 is 2.99. The standard InChI is InChI=1S/C13H18BrFN2O3S/c1-2-17(8-10-4-3-5-20-10)21(18,19)12-7-9(16)6-11(14)13(12)15/h6-7,10H,2-5,8,16H2,1H3. The molecule has 8 heteroatoms. The van der Waals surface area contributed by atoms with Gasteiger partial charge in [-0.05, 0) is 40.9 Å². The predicted molar refractivity (Wildman–Crippen MR) is 81.9 cm³/mol. The van der Waals surface area contributed by atoms with Gasteiger partial charge in [-0.1, -0.05) is 6.92 Å². The molecule has 2 rings (SSSR count). The third-order valence-corrected chi connectivity index (χ3v) is 5.94. The fourth-order valence-corrected chi connectivity index (χ4v) is 4.53. The number of hydrogen-bond acceptors (Lipinski definition) is 4. The van der Waals surface area contributed by atoms with Crippen LogP contribution in [0.15, 0.2) is 21.5 Å². The van der Waals surface area contributed by atoms with Crippen LogP contribution in [0.1, 0.15) is 19.8 Å². The molecule has 1 saturated heterocycles. The van der Waals surface area contributed by atoms with Gasteiger partial charge in [0.15, 0.2) is 5.82 Å². The molecule has 0 saturated carbocycles. The largest absolute Gasteiger partial charge is 0.399 e. The monoisotopic (exact) mass is 380 g/mol. The summed E-state index contributed by atoms with van der Waals surface area (Å²) in [5.41, 5.74) is 5.82. The minimum absolute atomic E-state index is 0.0363. The number of anilines is 1. The quantitative estimate of drug-likeness (QED) is 0.795. The fraction of sp³-hybridized carbons (Fsp3) is 0.538. The summed E-state index contributed by atoms with van der Waals surface area (Å²) in [6.45, 7) is 2.82. The molecule has 1 aliphatic rings. The lowest BCUT2D eigenvalue weighted by atomic mass is 10.2. The molecular formula is C13H18BrFN2O3S. The molecule has 1 aromatic rings. The van der Waals surface area contributed by atoms with Crippen molar-refractivity contribution in [1.82, 2.24) is 4.31 Å². The predicted octanol–water partition coefficient (Wildman–Crippen LogP) is 2.36. The van der Waals surface area contributed by atoms with E-state index in [4.69, 9.17) is 10.5 Å². The number of hydrogen-bond donors (Lipinski definition) is 1. The van der Waals surface area contributed by atoms with Crippen LogP contribution in [0.3, 0.4) is 0 Å². The molecule has 0 bridgehead atoms. The fourth-order valence-electron chi connectivity index (χ4n) is 2.32. The number of rotatable bonds is 5. The van der Waals surface area contributed by atoms with E-state index in [1.54, 1.807) is 6.92 Å². The molecule has 21 heavy (non-hydrogen) atoms. The second kappa shape index (κ2) is 6.60. The van der Waals surface area contributed by atoms with Crippen molar-refractivity contribution in [1.29, 1.82) is 0 Å². The lowest BCUT2D eigenvalue weighted by Gasteiger charge is -2.24. The molecule has 1 atom stereocenters. The first-order valence-corrected chi connectivity index (χ1v) is 8.95. The second-order valence-corrected chi connectivity index (χ2v) is 7.67. The van der Waals surface area contributed by atoms with E-state index in [9.17, 15) is 12.8 Å². The number of nitrogen functional groups attached to an aromatic ring is 1. The van der Waals surface area contributed by atoms with Crippen molar-refractivity contribution in [2.45, 2.75) is 30.8 Å². The van der Waals surface area contributed by atoms with Gasteiger partial charge in [0.2, 0.25) is 10.0 Å². The first-order chi connectivity index (χ1) is 9.86. The topological polar surface area (TPSA) is 72.6 Å². The molecule has 0 amide bonds. The maximum atomic E-state index is 14.1. The van der Waals surface area contributed by atoms with E-state index in [0.717, 1.165) is 18.9 Å². The molecule has 0 radical (unpaired) electrons. The average Bonchev–Trinajstić information content (AvgIpc) is 2.92. The Kier molecular flexibility index (Phi) is 5.24.